The normalized spacial score (nSPS) is 15.3. The lowest BCUT2D eigenvalue weighted by atomic mass is 10.0. The van der Waals surface area contributed by atoms with E-state index in [0.717, 1.165) is 16.8 Å². The number of nitrogens with one attached hydrogen (secondary N) is 1. The van der Waals surface area contributed by atoms with Crippen LogP contribution in [0.5, 0.6) is 0 Å². The van der Waals surface area contributed by atoms with E-state index in [2.05, 4.69) is 15.2 Å². The molecular weight excluding hydrogens is 388 g/mol. The fourth-order valence-corrected chi connectivity index (χ4v) is 3.87. The van der Waals surface area contributed by atoms with Gasteiger partial charge in [0.25, 0.3) is 5.91 Å². The molecule has 4 rings (SSSR count). The number of carbonyl (C=O) groups excluding carboxylic acids is 2. The lowest BCUT2D eigenvalue weighted by Crippen LogP contribution is -2.51. The molecule has 1 fully saturated rings. The summed E-state index contributed by atoms with van der Waals surface area (Å²) in [7, 11) is 0. The van der Waals surface area contributed by atoms with Gasteiger partial charge in [0, 0.05) is 49.8 Å². The molecule has 31 heavy (non-hydrogen) atoms. The number of anilines is 1. The number of hydrogen-bond acceptors (Lipinski definition) is 4. The largest absolute Gasteiger partial charge is 0.336 e. The van der Waals surface area contributed by atoms with Crippen molar-refractivity contribution in [3.05, 3.63) is 95.8 Å². The number of nitrogens with zero attached hydrogens (tertiary/aromatic N) is 3. The van der Waals surface area contributed by atoms with E-state index in [1.54, 1.807) is 24.5 Å². The highest BCUT2D eigenvalue weighted by molar-refractivity contribution is 5.96. The van der Waals surface area contributed by atoms with E-state index >= 15 is 0 Å². The second-order valence-electron chi connectivity index (χ2n) is 7.73. The van der Waals surface area contributed by atoms with Gasteiger partial charge in [0.15, 0.2) is 0 Å². The second-order valence-corrected chi connectivity index (χ2v) is 7.73. The van der Waals surface area contributed by atoms with Crippen LogP contribution < -0.4 is 5.32 Å². The maximum Gasteiger partial charge on any atom is 0.254 e. The van der Waals surface area contributed by atoms with Crippen molar-refractivity contribution in [1.29, 1.82) is 0 Å². The highest BCUT2D eigenvalue weighted by Crippen LogP contribution is 2.25. The minimum Gasteiger partial charge on any atom is -0.336 e. The van der Waals surface area contributed by atoms with Crippen LogP contribution in [0, 0.1) is 6.92 Å². The van der Waals surface area contributed by atoms with E-state index in [-0.39, 0.29) is 11.8 Å². The molecule has 0 saturated carbocycles. The Bertz CT molecular complexity index is 1010. The number of benzene rings is 2. The van der Waals surface area contributed by atoms with Crippen molar-refractivity contribution in [2.45, 2.75) is 13.0 Å². The predicted molar refractivity (Wildman–Crippen MR) is 121 cm³/mol. The molecular formula is C25H26N4O2. The van der Waals surface area contributed by atoms with Crippen molar-refractivity contribution < 1.29 is 9.59 Å². The molecule has 1 unspecified atom stereocenters. The van der Waals surface area contributed by atoms with Crippen molar-refractivity contribution in [3.8, 4) is 0 Å². The molecule has 0 spiro atoms. The molecule has 1 N–H and O–H groups in total. The first-order chi connectivity index (χ1) is 15.1. The molecule has 0 radical (unpaired) electrons. The minimum atomic E-state index is -0.416. The SMILES string of the molecule is Cc1ccc(NC(=O)C(c2ccccc2)N2CCN(C(=O)c3ccncc3)CC2)cc1. The van der Waals surface area contributed by atoms with Gasteiger partial charge in [0.2, 0.25) is 5.91 Å². The maximum atomic E-state index is 13.3. The monoisotopic (exact) mass is 414 g/mol. The molecule has 1 saturated heterocycles. The molecule has 6 nitrogen and oxygen atoms in total. The van der Waals surface area contributed by atoms with Gasteiger partial charge in [-0.25, -0.2) is 0 Å². The lowest BCUT2D eigenvalue weighted by molar-refractivity contribution is -0.122. The van der Waals surface area contributed by atoms with Crippen LogP contribution in [0.3, 0.4) is 0 Å². The van der Waals surface area contributed by atoms with Gasteiger partial charge in [0.1, 0.15) is 6.04 Å². The van der Waals surface area contributed by atoms with Crippen molar-refractivity contribution in [2.75, 3.05) is 31.5 Å². The average molecular weight is 415 g/mol. The van der Waals surface area contributed by atoms with Gasteiger partial charge < -0.3 is 10.2 Å². The fraction of sp³-hybridized carbons (Fsp3) is 0.240. The van der Waals surface area contributed by atoms with E-state index in [9.17, 15) is 9.59 Å². The molecule has 1 aliphatic heterocycles. The molecule has 0 aliphatic carbocycles. The molecule has 1 aliphatic rings. The molecule has 1 atom stereocenters. The third-order valence-corrected chi connectivity index (χ3v) is 5.58. The van der Waals surface area contributed by atoms with Crippen molar-refractivity contribution in [1.82, 2.24) is 14.8 Å². The number of carbonyl (C=O) groups is 2. The Balaban J connectivity index is 1.48. The Morgan fingerprint density at radius 3 is 2.16 bits per heavy atom. The first kappa shape index (κ1) is 20.8. The van der Waals surface area contributed by atoms with Crippen LogP contribution in [0.4, 0.5) is 5.69 Å². The van der Waals surface area contributed by atoms with Crippen LogP contribution in [0.25, 0.3) is 0 Å². The van der Waals surface area contributed by atoms with Crippen molar-refractivity contribution in [3.63, 3.8) is 0 Å². The second kappa shape index (κ2) is 9.53. The fourth-order valence-electron chi connectivity index (χ4n) is 3.87. The summed E-state index contributed by atoms with van der Waals surface area (Å²) in [6.07, 6.45) is 3.26. The number of aromatic nitrogens is 1. The highest BCUT2D eigenvalue weighted by atomic mass is 16.2. The van der Waals surface area contributed by atoms with E-state index in [1.165, 1.54) is 0 Å². The van der Waals surface area contributed by atoms with Crippen LogP contribution in [0.15, 0.2) is 79.1 Å². The number of amides is 2. The van der Waals surface area contributed by atoms with Crippen LogP contribution in [0.2, 0.25) is 0 Å². The third-order valence-electron chi connectivity index (χ3n) is 5.58. The van der Waals surface area contributed by atoms with Crippen LogP contribution in [-0.2, 0) is 4.79 Å². The summed E-state index contributed by atoms with van der Waals surface area (Å²) in [6, 6.07) is 20.7. The standard InChI is InChI=1S/C25H26N4O2/c1-19-7-9-22(10-8-19)27-24(30)23(20-5-3-2-4-6-20)28-15-17-29(18-16-28)25(31)21-11-13-26-14-12-21/h2-14,23H,15-18H2,1H3,(H,27,30). The smallest absolute Gasteiger partial charge is 0.254 e. The third kappa shape index (κ3) is 4.98. The Labute approximate surface area is 182 Å². The summed E-state index contributed by atoms with van der Waals surface area (Å²) in [5, 5.41) is 3.06. The number of piperazine rings is 1. The van der Waals surface area contributed by atoms with Gasteiger partial charge in [-0.1, -0.05) is 48.0 Å². The number of aryl methyl sites for hydroxylation is 1. The minimum absolute atomic E-state index is 0.00224. The van der Waals surface area contributed by atoms with Gasteiger partial charge in [0.05, 0.1) is 0 Å². The summed E-state index contributed by atoms with van der Waals surface area (Å²) < 4.78 is 0. The molecule has 158 valence electrons. The first-order valence-electron chi connectivity index (χ1n) is 10.5. The summed E-state index contributed by atoms with van der Waals surface area (Å²) in [5.41, 5.74) is 3.51. The molecule has 1 aromatic heterocycles. The molecule has 2 heterocycles. The number of pyridine rings is 1. The van der Waals surface area contributed by atoms with Gasteiger partial charge in [-0.3, -0.25) is 19.5 Å². The maximum absolute atomic E-state index is 13.3. The Morgan fingerprint density at radius 2 is 1.52 bits per heavy atom. The predicted octanol–water partition coefficient (Wildman–Crippen LogP) is 3.53. The Morgan fingerprint density at radius 1 is 0.871 bits per heavy atom. The summed E-state index contributed by atoms with van der Waals surface area (Å²) in [4.78, 5) is 34.0. The van der Waals surface area contributed by atoms with E-state index in [0.29, 0.717) is 31.7 Å². The molecule has 3 aromatic rings. The summed E-state index contributed by atoms with van der Waals surface area (Å²) >= 11 is 0. The Hall–Kier alpha value is -3.51. The van der Waals surface area contributed by atoms with E-state index in [4.69, 9.17) is 0 Å². The number of rotatable bonds is 5. The zero-order valence-corrected chi connectivity index (χ0v) is 17.6. The van der Waals surface area contributed by atoms with Gasteiger partial charge in [-0.15, -0.1) is 0 Å². The highest BCUT2D eigenvalue weighted by Gasteiger charge is 2.32. The van der Waals surface area contributed by atoms with Crippen molar-refractivity contribution >= 4 is 17.5 Å². The van der Waals surface area contributed by atoms with E-state index < -0.39 is 6.04 Å². The van der Waals surface area contributed by atoms with Crippen LogP contribution >= 0.6 is 0 Å². The lowest BCUT2D eigenvalue weighted by Gasteiger charge is -2.38. The average Bonchev–Trinajstić information content (AvgIpc) is 2.82. The van der Waals surface area contributed by atoms with Gasteiger partial charge >= 0.3 is 0 Å². The summed E-state index contributed by atoms with van der Waals surface area (Å²) in [5.74, 6) is -0.0635. The quantitative estimate of drug-likeness (QED) is 0.694. The molecule has 6 heteroatoms. The van der Waals surface area contributed by atoms with Crippen LogP contribution in [0.1, 0.15) is 27.5 Å². The molecule has 2 aromatic carbocycles. The zero-order chi connectivity index (χ0) is 21.6. The molecule has 2 amide bonds. The molecule has 0 bridgehead atoms. The topological polar surface area (TPSA) is 65.5 Å². The zero-order valence-electron chi connectivity index (χ0n) is 17.6. The van der Waals surface area contributed by atoms with Crippen LogP contribution in [-0.4, -0.2) is 52.8 Å². The number of hydrogen-bond donors (Lipinski definition) is 1. The Kier molecular flexibility index (Phi) is 6.38. The first-order valence-corrected chi connectivity index (χ1v) is 10.5. The van der Waals surface area contributed by atoms with E-state index in [1.807, 2.05) is 66.4 Å². The van der Waals surface area contributed by atoms with Crippen molar-refractivity contribution in [2.24, 2.45) is 0 Å². The van der Waals surface area contributed by atoms with Gasteiger partial charge in [-0.2, -0.15) is 0 Å². The van der Waals surface area contributed by atoms with Gasteiger partial charge in [-0.05, 0) is 36.8 Å². The summed E-state index contributed by atoms with van der Waals surface area (Å²) in [6.45, 7) is 4.41.